The number of ether oxygens (including phenoxy) is 2. The van der Waals surface area contributed by atoms with Crippen LogP contribution in [0.2, 0.25) is 0 Å². The van der Waals surface area contributed by atoms with E-state index in [0.29, 0.717) is 17.8 Å². The fourth-order valence-electron chi connectivity index (χ4n) is 5.38. The van der Waals surface area contributed by atoms with Gasteiger partial charge in [-0.3, -0.25) is 33.9 Å². The number of anilines is 2. The number of benzene rings is 3. The molecule has 0 radical (unpaired) electrons. The summed E-state index contributed by atoms with van der Waals surface area (Å²) in [5, 5.41) is 7.10. The van der Waals surface area contributed by atoms with E-state index in [4.69, 9.17) is 9.47 Å². The van der Waals surface area contributed by atoms with E-state index >= 15 is 0 Å². The normalized spacial score (nSPS) is 19.4. The lowest BCUT2D eigenvalue weighted by Gasteiger charge is -2.26. The maximum absolute atomic E-state index is 14.0. The summed E-state index contributed by atoms with van der Waals surface area (Å²) in [6.45, 7) is -0.464. The minimum atomic E-state index is -1.20. The third kappa shape index (κ3) is 6.50. The van der Waals surface area contributed by atoms with Crippen molar-refractivity contribution < 1.29 is 33.4 Å². The molecule has 1 unspecified atom stereocenters. The average molecular weight is 608 g/mol. The van der Waals surface area contributed by atoms with Crippen molar-refractivity contribution in [2.75, 3.05) is 22.9 Å². The van der Waals surface area contributed by atoms with E-state index in [-0.39, 0.29) is 25.3 Å². The monoisotopic (exact) mass is 607 g/mol. The fourth-order valence-corrected chi connectivity index (χ4v) is 5.38. The van der Waals surface area contributed by atoms with Crippen LogP contribution in [0.25, 0.3) is 10.8 Å². The van der Waals surface area contributed by atoms with Crippen LogP contribution in [0.15, 0.2) is 91.1 Å². The van der Waals surface area contributed by atoms with Crippen molar-refractivity contribution in [2.24, 2.45) is 0 Å². The molecule has 0 aliphatic carbocycles. The molecule has 1 fully saturated rings. The van der Waals surface area contributed by atoms with Crippen LogP contribution in [0, 0.1) is 0 Å². The minimum absolute atomic E-state index is 0.0950. The van der Waals surface area contributed by atoms with Gasteiger partial charge in [0.2, 0.25) is 18.6 Å². The number of rotatable bonds is 9. The first kappa shape index (κ1) is 29.5. The molecule has 1 aromatic heterocycles. The number of pyridine rings is 1. The summed E-state index contributed by atoms with van der Waals surface area (Å²) in [6, 6.07) is 23.0. The predicted molar refractivity (Wildman–Crippen MR) is 163 cm³/mol. The van der Waals surface area contributed by atoms with E-state index in [1.807, 2.05) is 54.6 Å². The Morgan fingerprint density at radius 1 is 0.933 bits per heavy atom. The van der Waals surface area contributed by atoms with E-state index in [1.54, 1.807) is 36.5 Å². The number of nitrogens with zero attached hydrogens (tertiary/aromatic N) is 3. The zero-order valence-corrected chi connectivity index (χ0v) is 24.0. The quantitative estimate of drug-likeness (QED) is 0.218. The summed E-state index contributed by atoms with van der Waals surface area (Å²) >= 11 is 0. The van der Waals surface area contributed by atoms with Crippen molar-refractivity contribution in [3.8, 4) is 0 Å². The third-order valence-corrected chi connectivity index (χ3v) is 7.59. The lowest BCUT2D eigenvalue weighted by molar-refractivity contribution is -0.168. The van der Waals surface area contributed by atoms with Gasteiger partial charge in [0, 0.05) is 11.6 Å². The molecule has 4 aromatic rings. The lowest BCUT2D eigenvalue weighted by Crippen LogP contribution is -2.54. The number of fused-ring (bicyclic) bond motifs is 2. The number of cyclic esters (lactones) is 1. The second-order valence-corrected chi connectivity index (χ2v) is 10.6. The second kappa shape index (κ2) is 12.9. The maximum atomic E-state index is 14.0. The van der Waals surface area contributed by atoms with Gasteiger partial charge in [-0.25, -0.2) is 0 Å². The second-order valence-electron chi connectivity index (χ2n) is 10.6. The van der Waals surface area contributed by atoms with Crippen LogP contribution >= 0.6 is 0 Å². The van der Waals surface area contributed by atoms with Crippen LogP contribution < -0.4 is 20.4 Å². The highest BCUT2D eigenvalue weighted by Crippen LogP contribution is 2.32. The van der Waals surface area contributed by atoms with Gasteiger partial charge >= 0.3 is 5.97 Å². The van der Waals surface area contributed by atoms with Gasteiger partial charge < -0.3 is 25.0 Å². The van der Waals surface area contributed by atoms with E-state index in [2.05, 4.69) is 15.6 Å². The van der Waals surface area contributed by atoms with Gasteiger partial charge in [0.05, 0.1) is 30.9 Å². The van der Waals surface area contributed by atoms with Crippen LogP contribution in [0.3, 0.4) is 0 Å². The molecule has 12 heteroatoms. The topological polar surface area (TPSA) is 147 Å². The van der Waals surface area contributed by atoms with Crippen molar-refractivity contribution in [1.29, 1.82) is 0 Å². The molecule has 45 heavy (non-hydrogen) atoms. The van der Waals surface area contributed by atoms with Gasteiger partial charge in [-0.15, -0.1) is 0 Å². The number of esters is 1. The van der Waals surface area contributed by atoms with E-state index in [1.165, 1.54) is 9.80 Å². The summed E-state index contributed by atoms with van der Waals surface area (Å²) in [6.07, 6.45) is 1.02. The molecule has 2 N–H and O–H groups in total. The zero-order valence-electron chi connectivity index (χ0n) is 24.0. The number of carbonyl (C=O) groups is 5. The molecule has 12 nitrogen and oxygen atoms in total. The first-order valence-electron chi connectivity index (χ1n) is 14.3. The summed E-state index contributed by atoms with van der Waals surface area (Å²) < 4.78 is 11.1. The van der Waals surface area contributed by atoms with Crippen molar-refractivity contribution in [3.05, 3.63) is 102 Å². The molecule has 3 aromatic carbocycles. The molecule has 2 aliphatic rings. The van der Waals surface area contributed by atoms with Crippen molar-refractivity contribution in [3.63, 3.8) is 0 Å². The van der Waals surface area contributed by atoms with Crippen LogP contribution in [-0.4, -0.2) is 66.5 Å². The molecule has 6 rings (SSSR count). The summed E-state index contributed by atoms with van der Waals surface area (Å²) in [5.74, 6) is -2.33. The van der Waals surface area contributed by atoms with E-state index in [9.17, 15) is 24.0 Å². The first-order chi connectivity index (χ1) is 21.9. The molecule has 4 amide bonds. The Morgan fingerprint density at radius 3 is 2.42 bits per heavy atom. The average Bonchev–Trinajstić information content (AvgIpc) is 3.37. The van der Waals surface area contributed by atoms with Crippen LogP contribution in [-0.2, 0) is 35.3 Å². The number of carbonyl (C=O) groups excluding carboxylic acids is 5. The zero-order chi connectivity index (χ0) is 31.3. The molecule has 228 valence electrons. The van der Waals surface area contributed by atoms with Gasteiger partial charge in [0.15, 0.2) is 0 Å². The van der Waals surface area contributed by atoms with E-state index in [0.717, 1.165) is 16.3 Å². The Morgan fingerprint density at radius 2 is 1.64 bits per heavy atom. The van der Waals surface area contributed by atoms with Crippen molar-refractivity contribution in [1.82, 2.24) is 15.6 Å². The van der Waals surface area contributed by atoms with Crippen molar-refractivity contribution in [2.45, 2.75) is 31.4 Å². The third-order valence-electron chi connectivity index (χ3n) is 7.59. The van der Waals surface area contributed by atoms with Crippen LogP contribution in [0.4, 0.5) is 11.4 Å². The van der Waals surface area contributed by atoms with Gasteiger partial charge in [-0.1, -0.05) is 66.7 Å². The maximum Gasteiger partial charge on any atom is 0.310 e. The number of hydrogen-bond acceptors (Lipinski definition) is 8. The lowest BCUT2D eigenvalue weighted by atomic mass is 10.1. The summed E-state index contributed by atoms with van der Waals surface area (Å²) in [7, 11) is 0. The summed E-state index contributed by atoms with van der Waals surface area (Å²) in [4.78, 5) is 71.6. The van der Waals surface area contributed by atoms with Crippen LogP contribution in [0.5, 0.6) is 0 Å². The number of para-hydroxylation sites is 2. The molecule has 3 atom stereocenters. The molecular formula is C33H29N5O7. The molecule has 0 spiro atoms. The Kier molecular flexibility index (Phi) is 8.47. The van der Waals surface area contributed by atoms with Crippen molar-refractivity contribution >= 4 is 52.2 Å². The van der Waals surface area contributed by atoms with Gasteiger partial charge in [-0.05, 0) is 29.1 Å². The Labute approximate surface area is 257 Å². The largest absolute Gasteiger partial charge is 0.433 e. The number of amides is 4. The number of aromatic nitrogens is 1. The molecule has 0 saturated carbocycles. The van der Waals surface area contributed by atoms with Crippen LogP contribution in [0.1, 0.15) is 22.5 Å². The molecule has 3 heterocycles. The molecule has 0 bridgehead atoms. The fraction of sp³-hybridized carbons (Fsp3) is 0.212. The minimum Gasteiger partial charge on any atom is -0.433 e. The molecule has 1 saturated heterocycles. The number of hydrogen-bond donors (Lipinski definition) is 2. The highest BCUT2D eigenvalue weighted by atomic mass is 16.7. The SMILES string of the molecule is O=CN1C[C@H](NC(=O)c2cc3ccccc3cn2)C(=O)N(CC(=O)N[C@H]2CC(=O)OC2OCc2ccccc2)c2ccccc21. The predicted octanol–water partition coefficient (Wildman–Crippen LogP) is 2.32. The smallest absolute Gasteiger partial charge is 0.310 e. The molecular weight excluding hydrogens is 578 g/mol. The van der Waals surface area contributed by atoms with Gasteiger partial charge in [-0.2, -0.15) is 0 Å². The summed E-state index contributed by atoms with van der Waals surface area (Å²) in [5.41, 5.74) is 1.65. The van der Waals surface area contributed by atoms with E-state index < -0.39 is 48.6 Å². The van der Waals surface area contributed by atoms with Gasteiger partial charge in [0.25, 0.3) is 11.8 Å². The highest BCUT2D eigenvalue weighted by molar-refractivity contribution is 6.09. The number of nitrogens with one attached hydrogen (secondary N) is 2. The first-order valence-corrected chi connectivity index (χ1v) is 14.3. The Bertz CT molecular complexity index is 1760. The highest BCUT2D eigenvalue weighted by Gasteiger charge is 2.39. The standard InChI is InChI=1S/C33H29N5O7/c39-20-37-17-26(36-31(42)24-14-22-10-4-5-11-23(22)16-34-24)32(43)38(28-13-7-6-12-27(28)37)18-29(40)35-25-15-30(41)45-33(25)44-19-21-8-2-1-3-9-21/h1-14,16,20,25-26,33H,15,17-19H2,(H,35,40)(H,36,42)/t25-,26-,33?/m0/s1. The van der Waals surface area contributed by atoms with Gasteiger partial charge in [0.1, 0.15) is 24.3 Å². The Hall–Kier alpha value is -5.62. The Balaban J connectivity index is 1.20. The molecule has 2 aliphatic heterocycles.